The molecule has 17 heavy (non-hydrogen) atoms. The SMILES string of the molecule is CCC(C(=O)OC)n1cc(C)c2ccccc21. The van der Waals surface area contributed by atoms with Crippen molar-refractivity contribution in [1.29, 1.82) is 0 Å². The molecule has 0 saturated heterocycles. The first-order chi connectivity index (χ1) is 8.19. The summed E-state index contributed by atoms with van der Waals surface area (Å²) in [6, 6.07) is 7.87. The van der Waals surface area contributed by atoms with Crippen molar-refractivity contribution in [1.82, 2.24) is 4.57 Å². The van der Waals surface area contributed by atoms with Gasteiger partial charge in [0.1, 0.15) is 6.04 Å². The molecule has 1 aromatic carbocycles. The number of carbonyl (C=O) groups excluding carboxylic acids is 1. The van der Waals surface area contributed by atoms with Crippen LogP contribution in [0.15, 0.2) is 30.5 Å². The first-order valence-corrected chi connectivity index (χ1v) is 5.83. The normalized spacial score (nSPS) is 12.6. The van der Waals surface area contributed by atoms with E-state index in [1.807, 2.05) is 35.9 Å². The van der Waals surface area contributed by atoms with E-state index >= 15 is 0 Å². The minimum absolute atomic E-state index is 0.187. The first kappa shape index (κ1) is 11.7. The number of aryl methyl sites for hydroxylation is 1. The molecule has 1 aromatic heterocycles. The largest absolute Gasteiger partial charge is 0.467 e. The summed E-state index contributed by atoms with van der Waals surface area (Å²) in [6.07, 6.45) is 2.75. The molecule has 0 fully saturated rings. The zero-order valence-corrected chi connectivity index (χ0v) is 10.4. The summed E-state index contributed by atoms with van der Waals surface area (Å²) in [5.74, 6) is -0.187. The topological polar surface area (TPSA) is 31.2 Å². The van der Waals surface area contributed by atoms with E-state index in [4.69, 9.17) is 4.74 Å². The summed E-state index contributed by atoms with van der Waals surface area (Å²) in [5, 5.41) is 1.19. The van der Waals surface area contributed by atoms with Crippen molar-refractivity contribution in [3.63, 3.8) is 0 Å². The van der Waals surface area contributed by atoms with Gasteiger partial charge in [-0.05, 0) is 25.0 Å². The number of aromatic nitrogens is 1. The predicted octanol–water partition coefficient (Wildman–Crippen LogP) is 3.07. The Kier molecular flexibility index (Phi) is 3.18. The van der Waals surface area contributed by atoms with Gasteiger partial charge in [0.2, 0.25) is 0 Å². The molecule has 2 rings (SSSR count). The average Bonchev–Trinajstić information content (AvgIpc) is 2.68. The second kappa shape index (κ2) is 4.62. The fourth-order valence-electron chi connectivity index (χ4n) is 2.25. The molecule has 1 unspecified atom stereocenters. The van der Waals surface area contributed by atoms with Crippen molar-refractivity contribution in [2.45, 2.75) is 26.3 Å². The number of esters is 1. The highest BCUT2D eigenvalue weighted by atomic mass is 16.5. The van der Waals surface area contributed by atoms with E-state index in [0.717, 1.165) is 11.9 Å². The first-order valence-electron chi connectivity index (χ1n) is 5.83. The van der Waals surface area contributed by atoms with E-state index in [9.17, 15) is 4.79 Å². The lowest BCUT2D eigenvalue weighted by Crippen LogP contribution is -2.19. The molecule has 0 saturated carbocycles. The van der Waals surface area contributed by atoms with Gasteiger partial charge in [-0.25, -0.2) is 4.79 Å². The number of benzene rings is 1. The number of carbonyl (C=O) groups is 1. The fraction of sp³-hybridized carbons (Fsp3) is 0.357. The van der Waals surface area contributed by atoms with Crippen LogP contribution < -0.4 is 0 Å². The Hall–Kier alpha value is -1.77. The summed E-state index contributed by atoms with van der Waals surface area (Å²) < 4.78 is 6.87. The third kappa shape index (κ3) is 1.93. The molecule has 3 heteroatoms. The second-order valence-electron chi connectivity index (χ2n) is 4.18. The van der Waals surface area contributed by atoms with E-state index in [0.29, 0.717) is 0 Å². The van der Waals surface area contributed by atoms with Crippen LogP contribution in [-0.2, 0) is 9.53 Å². The number of hydrogen-bond acceptors (Lipinski definition) is 2. The van der Waals surface area contributed by atoms with Crippen molar-refractivity contribution < 1.29 is 9.53 Å². The van der Waals surface area contributed by atoms with Gasteiger partial charge in [0.15, 0.2) is 0 Å². The molecule has 0 aliphatic rings. The maximum absolute atomic E-state index is 11.8. The van der Waals surface area contributed by atoms with Crippen LogP contribution in [0.1, 0.15) is 24.9 Å². The van der Waals surface area contributed by atoms with Gasteiger partial charge < -0.3 is 9.30 Å². The zero-order chi connectivity index (χ0) is 12.4. The molecule has 0 N–H and O–H groups in total. The van der Waals surface area contributed by atoms with Gasteiger partial charge in [-0.15, -0.1) is 0 Å². The van der Waals surface area contributed by atoms with Gasteiger partial charge >= 0.3 is 5.97 Å². The van der Waals surface area contributed by atoms with Crippen LogP contribution in [0.3, 0.4) is 0 Å². The highest BCUT2D eigenvalue weighted by molar-refractivity contribution is 5.86. The Labute approximate surface area is 101 Å². The molecule has 90 valence electrons. The Morgan fingerprint density at radius 1 is 1.41 bits per heavy atom. The van der Waals surface area contributed by atoms with Crippen LogP contribution in [0, 0.1) is 6.92 Å². The molecular formula is C14H17NO2. The number of hydrogen-bond donors (Lipinski definition) is 0. The number of methoxy groups -OCH3 is 1. The molecule has 0 spiro atoms. The Morgan fingerprint density at radius 2 is 2.12 bits per heavy atom. The molecule has 1 heterocycles. The standard InChI is InChI=1S/C14H17NO2/c1-4-12(14(16)17-3)15-9-10(2)11-7-5-6-8-13(11)15/h5-9,12H,4H2,1-3H3. The smallest absolute Gasteiger partial charge is 0.328 e. The minimum Gasteiger partial charge on any atom is -0.467 e. The van der Waals surface area contributed by atoms with E-state index in [2.05, 4.69) is 13.0 Å². The van der Waals surface area contributed by atoms with Crippen molar-refractivity contribution in [3.8, 4) is 0 Å². The number of nitrogens with zero attached hydrogens (tertiary/aromatic N) is 1. The van der Waals surface area contributed by atoms with Gasteiger partial charge in [-0.3, -0.25) is 0 Å². The summed E-state index contributed by atoms with van der Waals surface area (Å²) >= 11 is 0. The summed E-state index contributed by atoms with van der Waals surface area (Å²) in [5.41, 5.74) is 2.27. The van der Waals surface area contributed by atoms with E-state index in [-0.39, 0.29) is 12.0 Å². The summed E-state index contributed by atoms with van der Waals surface area (Å²) in [4.78, 5) is 11.8. The molecule has 0 bridgehead atoms. The summed E-state index contributed by atoms with van der Waals surface area (Å²) in [7, 11) is 1.43. The molecule has 0 radical (unpaired) electrons. The van der Waals surface area contributed by atoms with E-state index in [1.165, 1.54) is 18.1 Å². The van der Waals surface area contributed by atoms with Gasteiger partial charge in [0, 0.05) is 17.1 Å². The quantitative estimate of drug-likeness (QED) is 0.760. The number of para-hydroxylation sites is 1. The fourth-order valence-corrected chi connectivity index (χ4v) is 2.25. The maximum Gasteiger partial charge on any atom is 0.328 e. The molecule has 0 aliphatic heterocycles. The lowest BCUT2D eigenvalue weighted by molar-refractivity contribution is -0.144. The van der Waals surface area contributed by atoms with Gasteiger partial charge in [0.25, 0.3) is 0 Å². The van der Waals surface area contributed by atoms with E-state index in [1.54, 1.807) is 0 Å². The average molecular weight is 231 g/mol. The van der Waals surface area contributed by atoms with Crippen LogP contribution in [-0.4, -0.2) is 17.6 Å². The molecular weight excluding hydrogens is 214 g/mol. The van der Waals surface area contributed by atoms with Crippen LogP contribution in [0.4, 0.5) is 0 Å². The zero-order valence-electron chi connectivity index (χ0n) is 10.4. The van der Waals surface area contributed by atoms with Gasteiger partial charge in [-0.2, -0.15) is 0 Å². The van der Waals surface area contributed by atoms with Crippen LogP contribution >= 0.6 is 0 Å². The number of ether oxygens (including phenoxy) is 1. The lowest BCUT2D eigenvalue weighted by atomic mass is 10.2. The van der Waals surface area contributed by atoms with Gasteiger partial charge in [0.05, 0.1) is 7.11 Å². The van der Waals surface area contributed by atoms with Crippen LogP contribution in [0.25, 0.3) is 10.9 Å². The molecule has 2 aromatic rings. The monoisotopic (exact) mass is 231 g/mol. The van der Waals surface area contributed by atoms with Crippen LogP contribution in [0.5, 0.6) is 0 Å². The second-order valence-corrected chi connectivity index (χ2v) is 4.18. The van der Waals surface area contributed by atoms with Gasteiger partial charge in [-0.1, -0.05) is 25.1 Å². The van der Waals surface area contributed by atoms with Crippen molar-refractivity contribution in [2.24, 2.45) is 0 Å². The number of fused-ring (bicyclic) bond motifs is 1. The lowest BCUT2D eigenvalue weighted by Gasteiger charge is -2.15. The Bertz CT molecular complexity index is 542. The Balaban J connectivity index is 2.58. The third-order valence-corrected chi connectivity index (χ3v) is 3.14. The molecule has 0 amide bonds. The van der Waals surface area contributed by atoms with E-state index < -0.39 is 0 Å². The Morgan fingerprint density at radius 3 is 2.76 bits per heavy atom. The highest BCUT2D eigenvalue weighted by Crippen LogP contribution is 2.26. The highest BCUT2D eigenvalue weighted by Gasteiger charge is 2.20. The molecule has 3 nitrogen and oxygen atoms in total. The van der Waals surface area contributed by atoms with Crippen molar-refractivity contribution in [2.75, 3.05) is 7.11 Å². The molecule has 1 atom stereocenters. The number of rotatable bonds is 3. The minimum atomic E-state index is -0.237. The third-order valence-electron chi connectivity index (χ3n) is 3.14. The summed E-state index contributed by atoms with van der Waals surface area (Å²) in [6.45, 7) is 4.05. The maximum atomic E-state index is 11.8. The van der Waals surface area contributed by atoms with Crippen LogP contribution in [0.2, 0.25) is 0 Å². The molecule has 0 aliphatic carbocycles. The van der Waals surface area contributed by atoms with Crippen molar-refractivity contribution >= 4 is 16.9 Å². The predicted molar refractivity (Wildman–Crippen MR) is 68.0 cm³/mol. The van der Waals surface area contributed by atoms with Crippen molar-refractivity contribution in [3.05, 3.63) is 36.0 Å².